The van der Waals surface area contributed by atoms with Crippen LogP contribution in [-0.4, -0.2) is 27.2 Å². The number of aromatic carboxylic acids is 1. The normalized spacial score (nSPS) is 10.2. The molecule has 1 heterocycles. The molecule has 0 saturated heterocycles. The van der Waals surface area contributed by atoms with Gasteiger partial charge in [-0.2, -0.15) is 4.98 Å². The summed E-state index contributed by atoms with van der Waals surface area (Å²) in [7, 11) is 0. The Labute approximate surface area is 118 Å². The van der Waals surface area contributed by atoms with Crippen molar-refractivity contribution in [2.75, 3.05) is 5.32 Å². The Balaban J connectivity index is 1.93. The first kappa shape index (κ1) is 14.4. The van der Waals surface area contributed by atoms with E-state index in [0.717, 1.165) is 12.1 Å². The van der Waals surface area contributed by atoms with E-state index in [1.807, 2.05) is 0 Å². The zero-order chi connectivity index (χ0) is 15.4. The number of rotatable bonds is 4. The number of hydrogen-bond acceptors (Lipinski definition) is 5. The Kier molecular flexibility index (Phi) is 4.12. The van der Waals surface area contributed by atoms with E-state index in [1.165, 1.54) is 6.07 Å². The topological polar surface area (TPSA) is 117 Å². The summed E-state index contributed by atoms with van der Waals surface area (Å²) in [5.41, 5.74) is -0.348. The summed E-state index contributed by atoms with van der Waals surface area (Å²) in [5, 5.41) is 17.0. The van der Waals surface area contributed by atoms with Crippen molar-refractivity contribution in [3.63, 3.8) is 0 Å². The van der Waals surface area contributed by atoms with Gasteiger partial charge in [0.15, 0.2) is 5.82 Å². The van der Waals surface area contributed by atoms with Gasteiger partial charge >= 0.3 is 12.0 Å². The fourth-order valence-corrected chi connectivity index (χ4v) is 1.51. The van der Waals surface area contributed by atoms with Gasteiger partial charge in [-0.15, -0.1) is 0 Å². The first-order chi connectivity index (χ1) is 9.95. The molecule has 8 nitrogen and oxygen atoms in total. The highest BCUT2D eigenvalue weighted by Gasteiger charge is 2.12. The number of aryl methyl sites for hydroxylation is 1. The summed E-state index contributed by atoms with van der Waals surface area (Å²) in [5.74, 6) is -1.64. The van der Waals surface area contributed by atoms with Crippen LogP contribution in [-0.2, 0) is 6.54 Å². The van der Waals surface area contributed by atoms with Gasteiger partial charge in [-0.3, -0.25) is 0 Å². The van der Waals surface area contributed by atoms with Crippen LogP contribution in [0.1, 0.15) is 22.1 Å². The van der Waals surface area contributed by atoms with Crippen LogP contribution in [0, 0.1) is 12.7 Å². The fraction of sp³-hybridized carbons (Fsp3) is 0.167. The van der Waals surface area contributed by atoms with Crippen molar-refractivity contribution < 1.29 is 23.6 Å². The summed E-state index contributed by atoms with van der Waals surface area (Å²) in [6.45, 7) is 1.65. The Morgan fingerprint density at radius 3 is 2.76 bits per heavy atom. The quantitative estimate of drug-likeness (QED) is 0.787. The van der Waals surface area contributed by atoms with Gasteiger partial charge in [-0.05, 0) is 25.1 Å². The molecule has 21 heavy (non-hydrogen) atoms. The number of nitrogens with zero attached hydrogens (tertiary/aromatic N) is 2. The van der Waals surface area contributed by atoms with Crippen LogP contribution < -0.4 is 10.6 Å². The predicted octanol–water partition coefficient (Wildman–Crippen LogP) is 1.54. The number of carbonyl (C=O) groups is 2. The van der Waals surface area contributed by atoms with Gasteiger partial charge in [0.25, 0.3) is 0 Å². The van der Waals surface area contributed by atoms with Crippen molar-refractivity contribution >= 4 is 17.7 Å². The largest absolute Gasteiger partial charge is 0.478 e. The van der Waals surface area contributed by atoms with Crippen LogP contribution in [0.15, 0.2) is 22.7 Å². The highest BCUT2D eigenvalue weighted by Crippen LogP contribution is 2.14. The van der Waals surface area contributed by atoms with Crippen LogP contribution in [0.2, 0.25) is 0 Å². The first-order valence-corrected chi connectivity index (χ1v) is 5.82. The maximum absolute atomic E-state index is 13.4. The summed E-state index contributed by atoms with van der Waals surface area (Å²) < 4.78 is 18.2. The number of amides is 2. The Morgan fingerprint density at radius 1 is 1.43 bits per heavy atom. The van der Waals surface area contributed by atoms with Crippen molar-refractivity contribution in [3.05, 3.63) is 41.3 Å². The van der Waals surface area contributed by atoms with E-state index in [9.17, 15) is 14.0 Å². The Morgan fingerprint density at radius 2 is 2.19 bits per heavy atom. The van der Waals surface area contributed by atoms with Crippen LogP contribution in [0.25, 0.3) is 0 Å². The number of hydrogen-bond donors (Lipinski definition) is 3. The van der Waals surface area contributed by atoms with Crippen LogP contribution in [0.4, 0.5) is 14.9 Å². The molecule has 2 aromatic rings. The summed E-state index contributed by atoms with van der Waals surface area (Å²) >= 11 is 0. The minimum Gasteiger partial charge on any atom is -0.478 e. The molecule has 0 saturated carbocycles. The van der Waals surface area contributed by atoms with Gasteiger partial charge in [-0.1, -0.05) is 5.16 Å². The highest BCUT2D eigenvalue weighted by atomic mass is 19.1. The third-order valence-corrected chi connectivity index (χ3v) is 2.43. The van der Waals surface area contributed by atoms with Gasteiger partial charge in [0, 0.05) is 5.69 Å². The highest BCUT2D eigenvalue weighted by molar-refractivity contribution is 5.91. The smallest absolute Gasteiger partial charge is 0.338 e. The van der Waals surface area contributed by atoms with Gasteiger partial charge in [0.1, 0.15) is 5.82 Å². The van der Waals surface area contributed by atoms with Crippen molar-refractivity contribution in [3.8, 4) is 0 Å². The van der Waals surface area contributed by atoms with E-state index >= 15 is 0 Å². The van der Waals surface area contributed by atoms with Crippen LogP contribution in [0.5, 0.6) is 0 Å². The molecule has 0 radical (unpaired) electrons. The molecule has 0 aliphatic rings. The second kappa shape index (κ2) is 5.99. The molecule has 110 valence electrons. The van der Waals surface area contributed by atoms with E-state index < -0.39 is 23.4 Å². The number of nitrogens with one attached hydrogen (secondary N) is 2. The second-order valence-corrected chi connectivity index (χ2v) is 4.04. The van der Waals surface area contributed by atoms with Crippen molar-refractivity contribution in [2.24, 2.45) is 0 Å². The Hall–Kier alpha value is -2.97. The average molecular weight is 294 g/mol. The molecule has 0 atom stereocenters. The van der Waals surface area contributed by atoms with E-state index in [-0.39, 0.29) is 18.1 Å². The molecule has 0 aliphatic carbocycles. The molecule has 1 aromatic carbocycles. The monoisotopic (exact) mass is 294 g/mol. The third-order valence-electron chi connectivity index (χ3n) is 2.43. The molecular weight excluding hydrogens is 283 g/mol. The second-order valence-electron chi connectivity index (χ2n) is 4.04. The lowest BCUT2D eigenvalue weighted by Gasteiger charge is -2.06. The van der Waals surface area contributed by atoms with E-state index in [1.54, 1.807) is 6.92 Å². The molecule has 0 spiro atoms. The maximum Gasteiger partial charge on any atom is 0.338 e. The lowest BCUT2D eigenvalue weighted by atomic mass is 10.2. The molecule has 0 fully saturated rings. The van der Waals surface area contributed by atoms with Crippen molar-refractivity contribution in [1.82, 2.24) is 15.5 Å². The number of benzene rings is 1. The molecular formula is C12H11FN4O4. The van der Waals surface area contributed by atoms with Crippen molar-refractivity contribution in [2.45, 2.75) is 13.5 Å². The number of urea groups is 1. The molecule has 2 rings (SSSR count). The first-order valence-electron chi connectivity index (χ1n) is 5.82. The van der Waals surface area contributed by atoms with E-state index in [4.69, 9.17) is 9.63 Å². The lowest BCUT2D eigenvalue weighted by molar-refractivity contribution is 0.0692. The number of carboxylic acids is 1. The molecule has 1 aromatic heterocycles. The molecule has 0 bridgehead atoms. The average Bonchev–Trinajstić information content (AvgIpc) is 2.82. The van der Waals surface area contributed by atoms with Gasteiger partial charge in [-0.25, -0.2) is 14.0 Å². The molecule has 3 N–H and O–H groups in total. The van der Waals surface area contributed by atoms with Crippen LogP contribution in [0.3, 0.4) is 0 Å². The number of carboxylic acid groups (broad SMARTS) is 1. The summed E-state index contributed by atoms with van der Waals surface area (Å²) in [4.78, 5) is 26.1. The molecule has 9 heteroatoms. The van der Waals surface area contributed by atoms with E-state index in [0.29, 0.717) is 5.82 Å². The number of anilines is 1. The van der Waals surface area contributed by atoms with Crippen molar-refractivity contribution in [1.29, 1.82) is 0 Å². The molecule has 0 aliphatic heterocycles. The summed E-state index contributed by atoms with van der Waals surface area (Å²) in [6, 6.07) is 2.64. The fourth-order valence-electron chi connectivity index (χ4n) is 1.51. The van der Waals surface area contributed by atoms with Gasteiger partial charge in [0.05, 0.1) is 12.1 Å². The third kappa shape index (κ3) is 3.75. The minimum absolute atomic E-state index is 0.0162. The number of aromatic nitrogens is 2. The summed E-state index contributed by atoms with van der Waals surface area (Å²) in [6.07, 6.45) is 0. The predicted molar refractivity (Wildman–Crippen MR) is 68.3 cm³/mol. The molecule has 0 unspecified atom stereocenters. The standard InChI is InChI=1S/C12H11FN4O4/c1-6-15-10(21-17-6)5-14-12(20)16-7-2-3-8(11(18)19)9(13)4-7/h2-4H,5H2,1H3,(H,18,19)(H2,14,16,20). The zero-order valence-corrected chi connectivity index (χ0v) is 10.9. The van der Waals surface area contributed by atoms with Gasteiger partial charge < -0.3 is 20.3 Å². The Bertz CT molecular complexity index is 686. The number of halogens is 1. The lowest BCUT2D eigenvalue weighted by Crippen LogP contribution is -2.28. The van der Waals surface area contributed by atoms with Crippen LogP contribution >= 0.6 is 0 Å². The number of carbonyl (C=O) groups excluding carboxylic acids is 1. The van der Waals surface area contributed by atoms with Gasteiger partial charge in [0.2, 0.25) is 5.89 Å². The maximum atomic E-state index is 13.4. The SMILES string of the molecule is Cc1noc(CNC(=O)Nc2ccc(C(=O)O)c(F)c2)n1. The molecule has 2 amide bonds. The zero-order valence-electron chi connectivity index (χ0n) is 10.9. The minimum atomic E-state index is -1.38. The van der Waals surface area contributed by atoms with E-state index in [2.05, 4.69) is 20.8 Å².